The fourth-order valence-corrected chi connectivity index (χ4v) is 3.95. The van der Waals surface area contributed by atoms with Gasteiger partial charge in [-0.1, -0.05) is 0 Å². The largest absolute Gasteiger partial charge is 0.443 e. The number of ether oxygens (including phenoxy) is 2. The third kappa shape index (κ3) is 5.70. The van der Waals surface area contributed by atoms with Crippen LogP contribution in [0.1, 0.15) is 51.4 Å². The molecule has 2 amide bonds. The minimum atomic E-state index is -0.927. The van der Waals surface area contributed by atoms with Gasteiger partial charge in [0.15, 0.2) is 11.9 Å². The summed E-state index contributed by atoms with van der Waals surface area (Å²) in [5.41, 5.74) is 0.265. The Bertz CT molecular complexity index is 1250. The Kier molecular flexibility index (Phi) is 7.16. The Labute approximate surface area is 215 Å². The van der Waals surface area contributed by atoms with Crippen molar-refractivity contribution < 1.29 is 24.2 Å². The standard InChI is InChI=1S/C25H35N7O5/c1-14(2)31-10-8-9-16(23(31)34)27-19-12-20(30(6)24(35)37-25(3,4)5)32-21(29-19)15(13-26-32)22(33)28-17-11-18(17)36-7/h8-10,12-14,17-18,23,34H,11H2,1-7H3,(H,27,29)(H,28,33)/t17-,18-,23?/m1/s1. The van der Waals surface area contributed by atoms with Gasteiger partial charge in [-0.3, -0.25) is 9.69 Å². The van der Waals surface area contributed by atoms with Gasteiger partial charge >= 0.3 is 6.09 Å². The molecule has 12 nitrogen and oxygen atoms in total. The smallest absolute Gasteiger partial charge is 0.415 e. The predicted molar refractivity (Wildman–Crippen MR) is 138 cm³/mol. The molecule has 1 fully saturated rings. The quantitative estimate of drug-likeness (QED) is 0.510. The number of amides is 2. The lowest BCUT2D eigenvalue weighted by molar-refractivity contribution is 0.0477. The van der Waals surface area contributed by atoms with Gasteiger partial charge in [-0.25, -0.2) is 9.78 Å². The van der Waals surface area contributed by atoms with Crippen LogP contribution in [0.3, 0.4) is 0 Å². The van der Waals surface area contributed by atoms with Gasteiger partial charge < -0.3 is 30.1 Å². The highest BCUT2D eigenvalue weighted by atomic mass is 16.6. The molecule has 3 heterocycles. The molecule has 12 heteroatoms. The zero-order chi connectivity index (χ0) is 27.1. The molecule has 1 saturated carbocycles. The number of nitrogens with zero attached hydrogens (tertiary/aromatic N) is 5. The Balaban J connectivity index is 1.72. The van der Waals surface area contributed by atoms with Crippen LogP contribution in [0.2, 0.25) is 0 Å². The zero-order valence-corrected chi connectivity index (χ0v) is 22.2. The summed E-state index contributed by atoms with van der Waals surface area (Å²) in [4.78, 5) is 33.7. The molecule has 200 valence electrons. The summed E-state index contributed by atoms with van der Waals surface area (Å²) < 4.78 is 12.2. The molecular weight excluding hydrogens is 478 g/mol. The number of rotatable bonds is 7. The van der Waals surface area contributed by atoms with Crippen molar-refractivity contribution in [2.24, 2.45) is 0 Å². The number of allylic oxidation sites excluding steroid dienone is 2. The minimum Gasteiger partial charge on any atom is -0.443 e. The van der Waals surface area contributed by atoms with Crippen molar-refractivity contribution in [3.8, 4) is 0 Å². The van der Waals surface area contributed by atoms with Crippen LogP contribution in [0.4, 0.5) is 16.4 Å². The topological polar surface area (TPSA) is 134 Å². The molecule has 0 radical (unpaired) electrons. The molecule has 0 aromatic carbocycles. The summed E-state index contributed by atoms with van der Waals surface area (Å²) in [6, 6.07) is 1.59. The maximum Gasteiger partial charge on any atom is 0.415 e. The van der Waals surface area contributed by atoms with Gasteiger partial charge in [0.25, 0.3) is 5.91 Å². The second-order valence-electron chi connectivity index (χ2n) is 10.4. The van der Waals surface area contributed by atoms with E-state index in [4.69, 9.17) is 9.47 Å². The Morgan fingerprint density at radius 1 is 1.30 bits per heavy atom. The van der Waals surface area contributed by atoms with Crippen molar-refractivity contribution in [3.63, 3.8) is 0 Å². The predicted octanol–water partition coefficient (Wildman–Crippen LogP) is 2.47. The Morgan fingerprint density at radius 3 is 2.65 bits per heavy atom. The van der Waals surface area contributed by atoms with E-state index in [0.29, 0.717) is 17.3 Å². The SMILES string of the molecule is CO[C@@H]1C[C@H]1NC(=O)c1cnn2c(N(C)C(=O)OC(C)(C)C)cc(NC3=CC=CN(C(C)C)C3O)nc12. The third-order valence-corrected chi connectivity index (χ3v) is 6.02. The summed E-state index contributed by atoms with van der Waals surface area (Å²) in [5, 5.41) is 21.3. The van der Waals surface area contributed by atoms with Crippen molar-refractivity contribution >= 4 is 29.3 Å². The maximum absolute atomic E-state index is 13.1. The van der Waals surface area contributed by atoms with E-state index < -0.39 is 17.9 Å². The van der Waals surface area contributed by atoms with Gasteiger partial charge in [-0.05, 0) is 53.2 Å². The number of nitrogens with one attached hydrogen (secondary N) is 2. The normalized spacial score (nSPS) is 21.2. The van der Waals surface area contributed by atoms with E-state index in [2.05, 4.69) is 20.7 Å². The highest BCUT2D eigenvalue weighted by Crippen LogP contribution is 2.28. The van der Waals surface area contributed by atoms with Gasteiger partial charge in [0.1, 0.15) is 22.8 Å². The fourth-order valence-electron chi connectivity index (χ4n) is 3.95. The lowest BCUT2D eigenvalue weighted by Crippen LogP contribution is -2.40. The molecule has 2 aromatic rings. The molecule has 0 saturated heterocycles. The van der Waals surface area contributed by atoms with Crippen LogP contribution >= 0.6 is 0 Å². The lowest BCUT2D eigenvalue weighted by atomic mass is 10.2. The van der Waals surface area contributed by atoms with Crippen LogP contribution < -0.4 is 15.5 Å². The lowest BCUT2D eigenvalue weighted by Gasteiger charge is -2.34. The number of carbonyl (C=O) groups excluding carboxylic acids is 2. The maximum atomic E-state index is 13.1. The number of hydrogen-bond donors (Lipinski definition) is 3. The Morgan fingerprint density at radius 2 is 2.03 bits per heavy atom. The molecule has 4 rings (SSSR count). The molecule has 1 aliphatic heterocycles. The number of methoxy groups -OCH3 is 1. The van der Waals surface area contributed by atoms with E-state index in [9.17, 15) is 14.7 Å². The molecule has 37 heavy (non-hydrogen) atoms. The van der Waals surface area contributed by atoms with Crippen molar-refractivity contribution in [2.45, 2.75) is 71.1 Å². The average molecular weight is 514 g/mol. The van der Waals surface area contributed by atoms with Crippen LogP contribution in [0.25, 0.3) is 5.65 Å². The fraction of sp³-hybridized carbons (Fsp3) is 0.520. The van der Waals surface area contributed by atoms with E-state index in [1.54, 1.807) is 52.0 Å². The summed E-state index contributed by atoms with van der Waals surface area (Å²) in [6.45, 7) is 9.28. The number of aliphatic hydroxyl groups is 1. The molecule has 3 atom stereocenters. The summed E-state index contributed by atoms with van der Waals surface area (Å²) in [5.74, 6) is 0.294. The van der Waals surface area contributed by atoms with Crippen molar-refractivity contribution in [1.29, 1.82) is 0 Å². The van der Waals surface area contributed by atoms with E-state index in [0.717, 1.165) is 6.42 Å². The third-order valence-electron chi connectivity index (χ3n) is 6.02. The van der Waals surface area contributed by atoms with Gasteiger partial charge in [-0.2, -0.15) is 9.61 Å². The number of carbonyl (C=O) groups is 2. The van der Waals surface area contributed by atoms with Crippen molar-refractivity contribution in [3.05, 3.63) is 41.9 Å². The molecule has 1 unspecified atom stereocenters. The summed E-state index contributed by atoms with van der Waals surface area (Å²) in [7, 11) is 3.16. The van der Waals surface area contributed by atoms with Crippen molar-refractivity contribution in [2.75, 3.05) is 24.4 Å². The van der Waals surface area contributed by atoms with Gasteiger partial charge in [0, 0.05) is 32.5 Å². The second-order valence-corrected chi connectivity index (χ2v) is 10.4. The molecular formula is C25H35N7O5. The molecule has 2 aromatic heterocycles. The first-order valence-corrected chi connectivity index (χ1v) is 12.2. The molecule has 1 aliphatic carbocycles. The molecule has 0 spiro atoms. The highest BCUT2D eigenvalue weighted by Gasteiger charge is 2.39. The first-order chi connectivity index (χ1) is 17.4. The van der Waals surface area contributed by atoms with Crippen molar-refractivity contribution in [1.82, 2.24) is 24.8 Å². The van der Waals surface area contributed by atoms with Gasteiger partial charge in [-0.15, -0.1) is 0 Å². The zero-order valence-electron chi connectivity index (χ0n) is 22.2. The number of anilines is 2. The first kappa shape index (κ1) is 26.4. The molecule has 3 N–H and O–H groups in total. The number of aliphatic hydroxyl groups excluding tert-OH is 1. The first-order valence-electron chi connectivity index (χ1n) is 12.2. The minimum absolute atomic E-state index is 0.0125. The van der Waals surface area contributed by atoms with E-state index >= 15 is 0 Å². The van der Waals surface area contributed by atoms with E-state index in [1.807, 2.05) is 26.1 Å². The monoisotopic (exact) mass is 513 g/mol. The van der Waals surface area contributed by atoms with Gasteiger partial charge in [0.05, 0.1) is 24.0 Å². The molecule has 2 aliphatic rings. The van der Waals surface area contributed by atoms with E-state index in [-0.39, 0.29) is 35.3 Å². The summed E-state index contributed by atoms with van der Waals surface area (Å²) >= 11 is 0. The van der Waals surface area contributed by atoms with Crippen LogP contribution in [-0.4, -0.2) is 80.8 Å². The van der Waals surface area contributed by atoms with Crippen LogP contribution in [0, 0.1) is 0 Å². The number of hydrogen-bond acceptors (Lipinski definition) is 9. The molecule has 0 bridgehead atoms. The highest BCUT2D eigenvalue weighted by molar-refractivity contribution is 6.00. The summed E-state index contributed by atoms with van der Waals surface area (Å²) in [6.07, 6.45) is 5.99. The van der Waals surface area contributed by atoms with Crippen LogP contribution in [0.5, 0.6) is 0 Å². The average Bonchev–Trinajstić information content (AvgIpc) is 3.43. The van der Waals surface area contributed by atoms with Crippen LogP contribution in [0.15, 0.2) is 36.3 Å². The number of fused-ring (bicyclic) bond motifs is 1. The second kappa shape index (κ2) is 10.0. The van der Waals surface area contributed by atoms with Crippen LogP contribution in [-0.2, 0) is 9.47 Å². The van der Waals surface area contributed by atoms with E-state index in [1.165, 1.54) is 15.6 Å². The van der Waals surface area contributed by atoms with Gasteiger partial charge in [0.2, 0.25) is 0 Å². The number of aromatic nitrogens is 3. The Hall–Kier alpha value is -3.64.